The number of hydrogen-bond acceptors (Lipinski definition) is 6. The molecule has 6 nitrogen and oxygen atoms in total. The lowest BCUT2D eigenvalue weighted by Crippen LogP contribution is -2.27. The van der Waals surface area contributed by atoms with Gasteiger partial charge in [-0.2, -0.15) is 13.2 Å². The number of benzene rings is 3. The summed E-state index contributed by atoms with van der Waals surface area (Å²) < 4.78 is 50.0. The summed E-state index contributed by atoms with van der Waals surface area (Å²) in [7, 11) is 3.22. The fourth-order valence-electron chi connectivity index (χ4n) is 4.27. The number of carbonyl (C=O) groups excluding carboxylic acids is 1. The van der Waals surface area contributed by atoms with Crippen molar-refractivity contribution in [1.29, 1.82) is 0 Å². The van der Waals surface area contributed by atoms with Crippen molar-refractivity contribution in [1.82, 2.24) is 15.2 Å². The van der Waals surface area contributed by atoms with Crippen LogP contribution in [-0.4, -0.2) is 30.0 Å². The molecule has 0 bridgehead atoms. The number of nitrogens with one attached hydrogen (secondary N) is 1. The molecule has 0 fully saturated rings. The van der Waals surface area contributed by atoms with E-state index in [1.165, 1.54) is 23.5 Å². The number of nitrogens with zero attached hydrogens (tertiary/aromatic N) is 2. The average Bonchev–Trinajstić information content (AvgIpc) is 3.44. The first-order valence-electron chi connectivity index (χ1n) is 12.6. The van der Waals surface area contributed by atoms with E-state index in [0.717, 1.165) is 28.3 Å². The fraction of sp³-hybridized carbons (Fsp3) is 0.267. The Labute approximate surface area is 235 Å². The van der Waals surface area contributed by atoms with E-state index >= 15 is 0 Å². The molecule has 0 saturated carbocycles. The second-order valence-corrected chi connectivity index (χ2v) is 10.1. The molecule has 0 aliphatic heterocycles. The zero-order valence-corrected chi connectivity index (χ0v) is 23.2. The van der Waals surface area contributed by atoms with Gasteiger partial charge in [-0.25, -0.2) is 4.98 Å². The van der Waals surface area contributed by atoms with E-state index in [1.54, 1.807) is 19.6 Å². The second kappa shape index (κ2) is 13.0. The Kier molecular flexibility index (Phi) is 9.44. The number of hydrogen-bond donors (Lipinski definition) is 1. The van der Waals surface area contributed by atoms with Gasteiger partial charge in [0.05, 0.1) is 26.3 Å². The van der Waals surface area contributed by atoms with Crippen LogP contribution in [0.3, 0.4) is 0 Å². The van der Waals surface area contributed by atoms with Crippen molar-refractivity contribution in [2.24, 2.45) is 0 Å². The number of amides is 1. The van der Waals surface area contributed by atoms with Crippen LogP contribution in [0.15, 0.2) is 78.2 Å². The Morgan fingerprint density at radius 3 is 2.48 bits per heavy atom. The van der Waals surface area contributed by atoms with Gasteiger partial charge in [-0.15, -0.1) is 11.3 Å². The summed E-state index contributed by atoms with van der Waals surface area (Å²) in [6.07, 6.45) is -4.44. The molecule has 0 aliphatic rings. The molecular formula is C30H30F3N3O3S. The first kappa shape index (κ1) is 29.1. The van der Waals surface area contributed by atoms with E-state index in [9.17, 15) is 18.0 Å². The maximum absolute atomic E-state index is 13.0. The molecule has 1 N–H and O–H groups in total. The highest BCUT2D eigenvalue weighted by Gasteiger charge is 2.30. The SMILES string of the molecule is COc1ccc(CN(Cc2nc(C(=O)NCc3cccc(C(F)(F)F)c3)cs2)C(C)c2ccccc2)c(OC)c1. The highest BCUT2D eigenvalue weighted by molar-refractivity contribution is 7.09. The summed E-state index contributed by atoms with van der Waals surface area (Å²) in [6, 6.07) is 20.7. The summed E-state index contributed by atoms with van der Waals surface area (Å²) in [5.41, 5.74) is 1.93. The highest BCUT2D eigenvalue weighted by Crippen LogP contribution is 2.31. The Bertz CT molecular complexity index is 1430. The van der Waals surface area contributed by atoms with Gasteiger partial charge in [-0.1, -0.05) is 48.5 Å². The Hall–Kier alpha value is -3.89. The Morgan fingerprint density at radius 2 is 1.77 bits per heavy atom. The molecule has 4 rings (SSSR count). The maximum atomic E-state index is 13.0. The molecule has 10 heteroatoms. The standard InChI is InChI=1S/C30H30F3N3O3S/c1-20(22-9-5-4-6-10-22)36(17-23-12-13-25(38-2)15-27(23)39-3)18-28-35-26(19-40-28)29(37)34-16-21-8-7-11-24(14-21)30(31,32)33/h4-15,19-20H,16-18H2,1-3H3,(H,34,37). The van der Waals surface area contributed by atoms with Crippen molar-refractivity contribution < 1.29 is 27.4 Å². The fourth-order valence-corrected chi connectivity index (χ4v) is 5.06. The number of ether oxygens (including phenoxy) is 2. The summed E-state index contributed by atoms with van der Waals surface area (Å²) in [5, 5.41) is 5.07. The summed E-state index contributed by atoms with van der Waals surface area (Å²) >= 11 is 1.36. The minimum absolute atomic E-state index is 0.0232. The quantitative estimate of drug-likeness (QED) is 0.214. The molecule has 0 aliphatic carbocycles. The molecule has 3 aromatic carbocycles. The molecule has 1 aromatic heterocycles. The van der Waals surface area contributed by atoms with Crippen molar-refractivity contribution >= 4 is 17.2 Å². The predicted octanol–water partition coefficient (Wildman–Crippen LogP) is 6.87. The third kappa shape index (κ3) is 7.40. The van der Waals surface area contributed by atoms with Crippen LogP contribution in [-0.2, 0) is 25.8 Å². The third-order valence-electron chi connectivity index (χ3n) is 6.53. The van der Waals surface area contributed by atoms with E-state index in [4.69, 9.17) is 9.47 Å². The van der Waals surface area contributed by atoms with Gasteiger partial charge in [0.1, 0.15) is 22.2 Å². The summed E-state index contributed by atoms with van der Waals surface area (Å²) in [6.45, 7) is 3.10. The predicted molar refractivity (Wildman–Crippen MR) is 148 cm³/mol. The number of halogens is 3. The Balaban J connectivity index is 1.49. The van der Waals surface area contributed by atoms with Gasteiger partial charge in [0.2, 0.25) is 0 Å². The maximum Gasteiger partial charge on any atom is 0.416 e. The average molecular weight is 570 g/mol. The molecule has 0 saturated heterocycles. The normalized spacial score (nSPS) is 12.3. The Morgan fingerprint density at radius 1 is 1.00 bits per heavy atom. The summed E-state index contributed by atoms with van der Waals surface area (Å²) in [5.74, 6) is 0.960. The van der Waals surface area contributed by atoms with Gasteiger partial charge in [-0.05, 0) is 36.2 Å². The van der Waals surface area contributed by atoms with E-state index in [1.807, 2.05) is 36.4 Å². The molecule has 210 valence electrons. The minimum atomic E-state index is -4.44. The number of aromatic nitrogens is 1. The van der Waals surface area contributed by atoms with Gasteiger partial charge in [0.15, 0.2) is 0 Å². The third-order valence-corrected chi connectivity index (χ3v) is 7.36. The number of thiazole rings is 1. The van der Waals surface area contributed by atoms with Gasteiger partial charge < -0.3 is 14.8 Å². The molecule has 4 aromatic rings. The van der Waals surface area contributed by atoms with Crippen LogP contribution >= 0.6 is 11.3 Å². The number of rotatable bonds is 11. The molecule has 40 heavy (non-hydrogen) atoms. The van der Waals surface area contributed by atoms with Crippen LogP contribution in [0.2, 0.25) is 0 Å². The molecule has 0 radical (unpaired) electrons. The van der Waals surface area contributed by atoms with Crippen LogP contribution < -0.4 is 14.8 Å². The van der Waals surface area contributed by atoms with Crippen molar-refractivity contribution in [2.45, 2.75) is 38.8 Å². The molecular weight excluding hydrogens is 539 g/mol. The monoisotopic (exact) mass is 569 g/mol. The van der Waals surface area contributed by atoms with E-state index in [-0.39, 0.29) is 18.3 Å². The largest absolute Gasteiger partial charge is 0.497 e. The zero-order chi connectivity index (χ0) is 28.7. The number of carbonyl (C=O) groups is 1. The van der Waals surface area contributed by atoms with Crippen molar-refractivity contribution in [3.8, 4) is 11.5 Å². The number of alkyl halides is 3. The van der Waals surface area contributed by atoms with Gasteiger partial charge >= 0.3 is 6.18 Å². The van der Waals surface area contributed by atoms with Crippen LogP contribution in [0.25, 0.3) is 0 Å². The van der Waals surface area contributed by atoms with E-state index in [2.05, 4.69) is 34.3 Å². The van der Waals surface area contributed by atoms with Crippen LogP contribution in [0.4, 0.5) is 13.2 Å². The molecule has 1 heterocycles. The molecule has 1 amide bonds. The van der Waals surface area contributed by atoms with Crippen molar-refractivity contribution in [3.63, 3.8) is 0 Å². The van der Waals surface area contributed by atoms with Crippen molar-refractivity contribution in [2.75, 3.05) is 14.2 Å². The van der Waals surface area contributed by atoms with E-state index < -0.39 is 17.6 Å². The van der Waals surface area contributed by atoms with Crippen LogP contribution in [0, 0.1) is 0 Å². The molecule has 1 atom stereocenters. The van der Waals surface area contributed by atoms with Crippen LogP contribution in [0.1, 0.15) is 50.7 Å². The van der Waals surface area contributed by atoms with E-state index in [0.29, 0.717) is 30.2 Å². The highest BCUT2D eigenvalue weighted by atomic mass is 32.1. The first-order chi connectivity index (χ1) is 19.2. The van der Waals surface area contributed by atoms with Gasteiger partial charge in [0.25, 0.3) is 5.91 Å². The van der Waals surface area contributed by atoms with Gasteiger partial charge in [0, 0.05) is 36.1 Å². The van der Waals surface area contributed by atoms with Crippen molar-refractivity contribution in [3.05, 3.63) is 111 Å². The van der Waals surface area contributed by atoms with Crippen LogP contribution in [0.5, 0.6) is 11.5 Å². The minimum Gasteiger partial charge on any atom is -0.497 e. The lowest BCUT2D eigenvalue weighted by atomic mass is 10.1. The lowest BCUT2D eigenvalue weighted by molar-refractivity contribution is -0.137. The summed E-state index contributed by atoms with van der Waals surface area (Å²) in [4.78, 5) is 19.5. The topological polar surface area (TPSA) is 63.7 Å². The molecule has 0 spiro atoms. The van der Waals surface area contributed by atoms with Gasteiger partial charge in [-0.3, -0.25) is 9.69 Å². The number of methoxy groups -OCH3 is 2. The lowest BCUT2D eigenvalue weighted by Gasteiger charge is -2.29. The molecule has 1 unspecified atom stereocenters. The smallest absolute Gasteiger partial charge is 0.416 e. The first-order valence-corrected chi connectivity index (χ1v) is 13.4. The second-order valence-electron chi connectivity index (χ2n) is 9.18. The zero-order valence-electron chi connectivity index (χ0n) is 22.4.